The van der Waals surface area contributed by atoms with Gasteiger partial charge in [-0.3, -0.25) is 9.59 Å². The number of fused-ring (bicyclic) bond motifs is 2. The lowest BCUT2D eigenvalue weighted by atomic mass is 9.71. The average molecular weight is 471 g/mol. The van der Waals surface area contributed by atoms with Gasteiger partial charge in [0.2, 0.25) is 5.91 Å². The number of nitrogens with one attached hydrogen (secondary N) is 1. The quantitative estimate of drug-likeness (QED) is 0.629. The van der Waals surface area contributed by atoms with E-state index in [1.54, 1.807) is 13.0 Å². The molecule has 2 atom stereocenters. The Morgan fingerprint density at radius 1 is 1.21 bits per heavy atom. The van der Waals surface area contributed by atoms with E-state index in [9.17, 15) is 19.5 Å². The molecule has 184 valence electrons. The molecule has 2 heterocycles. The summed E-state index contributed by atoms with van der Waals surface area (Å²) >= 11 is 0. The Kier molecular flexibility index (Phi) is 6.98. The summed E-state index contributed by atoms with van der Waals surface area (Å²) in [7, 11) is 0. The maximum Gasteiger partial charge on any atom is 0.339 e. The molecular weight excluding hydrogens is 436 g/mol. The second-order valence-electron chi connectivity index (χ2n) is 9.80. The van der Waals surface area contributed by atoms with Crippen LogP contribution in [0.5, 0.6) is 5.75 Å². The van der Waals surface area contributed by atoms with Gasteiger partial charge in [0.25, 0.3) is 5.91 Å². The molecule has 8 heteroatoms. The van der Waals surface area contributed by atoms with Crippen molar-refractivity contribution in [3.63, 3.8) is 0 Å². The summed E-state index contributed by atoms with van der Waals surface area (Å²) in [6.07, 6.45) is 4.80. The van der Waals surface area contributed by atoms with Gasteiger partial charge in [0.05, 0.1) is 11.0 Å². The molecule has 0 bridgehead atoms. The molecule has 1 aliphatic carbocycles. The summed E-state index contributed by atoms with van der Waals surface area (Å²) in [6.45, 7) is 6.58. The van der Waals surface area contributed by atoms with Gasteiger partial charge in [0.15, 0.2) is 6.61 Å². The van der Waals surface area contributed by atoms with Crippen LogP contribution in [0.4, 0.5) is 0 Å². The maximum absolute atomic E-state index is 12.6. The second kappa shape index (κ2) is 9.78. The third-order valence-corrected chi connectivity index (χ3v) is 7.46. The minimum absolute atomic E-state index is 0.000325. The van der Waals surface area contributed by atoms with Gasteiger partial charge in [0, 0.05) is 37.5 Å². The summed E-state index contributed by atoms with van der Waals surface area (Å²) in [4.78, 5) is 38.8. The molecule has 0 radical (unpaired) electrons. The van der Waals surface area contributed by atoms with E-state index in [4.69, 9.17) is 9.15 Å². The van der Waals surface area contributed by atoms with Crippen LogP contribution in [0.2, 0.25) is 0 Å². The Morgan fingerprint density at radius 3 is 2.79 bits per heavy atom. The van der Waals surface area contributed by atoms with Crippen molar-refractivity contribution >= 4 is 22.8 Å². The van der Waals surface area contributed by atoms with Crippen molar-refractivity contribution in [1.82, 2.24) is 10.2 Å². The standard InChI is InChI=1S/C26H34N2O6/c1-16-12-20(24-17(2)18(3)25(31)34-21(24)13-16)33-15-22(29)27-10-7-23(30)28-11-9-26(32)8-5-4-6-19(26)14-28/h12-13,19,32H,4-11,14-15H2,1-3H3,(H,27,29)/t19-,26-/m0/s1. The normalized spacial score (nSPS) is 22.4. The number of carbonyl (C=O) groups excluding carboxylic acids is 2. The molecule has 4 rings (SSSR count). The number of hydrogen-bond donors (Lipinski definition) is 2. The number of amides is 2. The first-order valence-corrected chi connectivity index (χ1v) is 12.1. The Balaban J connectivity index is 1.29. The van der Waals surface area contributed by atoms with E-state index < -0.39 is 5.60 Å². The fourth-order valence-corrected chi connectivity index (χ4v) is 5.26. The molecule has 1 aliphatic heterocycles. The number of ether oxygens (including phenoxy) is 1. The summed E-state index contributed by atoms with van der Waals surface area (Å²) in [5.74, 6) is 0.315. The third kappa shape index (κ3) is 4.97. The van der Waals surface area contributed by atoms with Gasteiger partial charge in [-0.05, 0) is 63.3 Å². The van der Waals surface area contributed by atoms with E-state index in [2.05, 4.69) is 5.32 Å². The first-order chi connectivity index (χ1) is 16.2. The van der Waals surface area contributed by atoms with Gasteiger partial charge in [-0.25, -0.2) is 4.79 Å². The fraction of sp³-hybridized carbons (Fsp3) is 0.577. The fourth-order valence-electron chi connectivity index (χ4n) is 5.26. The minimum atomic E-state index is -0.611. The Morgan fingerprint density at radius 2 is 2.00 bits per heavy atom. The molecule has 2 aromatic rings. The highest BCUT2D eigenvalue weighted by atomic mass is 16.5. The lowest BCUT2D eigenvalue weighted by Gasteiger charge is -2.47. The molecule has 1 saturated carbocycles. The number of aryl methyl sites for hydroxylation is 2. The van der Waals surface area contributed by atoms with Crippen LogP contribution in [0.15, 0.2) is 21.3 Å². The number of benzene rings is 1. The lowest BCUT2D eigenvalue weighted by Crippen LogP contribution is -2.54. The number of likely N-dealkylation sites (tertiary alicyclic amines) is 1. The van der Waals surface area contributed by atoms with Crippen molar-refractivity contribution in [3.05, 3.63) is 39.2 Å². The van der Waals surface area contributed by atoms with Crippen LogP contribution in [-0.4, -0.2) is 53.7 Å². The van der Waals surface area contributed by atoms with E-state index >= 15 is 0 Å². The van der Waals surface area contributed by atoms with Crippen molar-refractivity contribution in [1.29, 1.82) is 0 Å². The van der Waals surface area contributed by atoms with Crippen LogP contribution < -0.4 is 15.7 Å². The van der Waals surface area contributed by atoms with Crippen LogP contribution >= 0.6 is 0 Å². The predicted octanol–water partition coefficient (Wildman–Crippen LogP) is 2.76. The predicted molar refractivity (Wildman–Crippen MR) is 128 cm³/mol. The molecule has 2 fully saturated rings. The topological polar surface area (TPSA) is 109 Å². The van der Waals surface area contributed by atoms with Gasteiger partial charge in [-0.1, -0.05) is 12.8 Å². The monoisotopic (exact) mass is 470 g/mol. The molecule has 1 aromatic heterocycles. The van der Waals surface area contributed by atoms with Crippen molar-refractivity contribution in [2.24, 2.45) is 5.92 Å². The number of hydrogen-bond acceptors (Lipinski definition) is 6. The first-order valence-electron chi connectivity index (χ1n) is 12.1. The molecule has 2 N–H and O–H groups in total. The van der Waals surface area contributed by atoms with E-state index in [1.165, 1.54) is 0 Å². The van der Waals surface area contributed by atoms with Crippen LogP contribution in [0.1, 0.15) is 55.2 Å². The van der Waals surface area contributed by atoms with Crippen LogP contribution in [-0.2, 0) is 9.59 Å². The molecule has 8 nitrogen and oxygen atoms in total. The highest BCUT2D eigenvalue weighted by molar-refractivity contribution is 5.88. The summed E-state index contributed by atoms with van der Waals surface area (Å²) in [6, 6.07) is 3.59. The van der Waals surface area contributed by atoms with Crippen LogP contribution in [0.3, 0.4) is 0 Å². The van der Waals surface area contributed by atoms with Crippen molar-refractivity contribution < 1.29 is 23.8 Å². The molecule has 1 aromatic carbocycles. The zero-order valence-corrected chi connectivity index (χ0v) is 20.2. The number of carbonyl (C=O) groups is 2. The SMILES string of the molecule is Cc1cc(OCC(=O)NCCC(=O)N2CC[C@@]3(O)CCCC[C@H]3C2)c2c(C)c(C)c(=O)oc2c1. The summed E-state index contributed by atoms with van der Waals surface area (Å²) in [5.41, 5.74) is 1.56. The molecule has 1 saturated heterocycles. The lowest BCUT2D eigenvalue weighted by molar-refractivity contribution is -0.143. The second-order valence-corrected chi connectivity index (χ2v) is 9.80. The summed E-state index contributed by atoms with van der Waals surface area (Å²) < 4.78 is 11.2. The molecular formula is C26H34N2O6. The smallest absolute Gasteiger partial charge is 0.339 e. The first kappa shape index (κ1) is 24.3. The van der Waals surface area contributed by atoms with Gasteiger partial charge in [-0.15, -0.1) is 0 Å². The number of rotatable bonds is 6. The highest BCUT2D eigenvalue weighted by Gasteiger charge is 2.43. The summed E-state index contributed by atoms with van der Waals surface area (Å²) in [5, 5.41) is 14.2. The minimum Gasteiger partial charge on any atom is -0.483 e. The van der Waals surface area contributed by atoms with E-state index in [0.717, 1.165) is 36.8 Å². The van der Waals surface area contributed by atoms with E-state index in [0.29, 0.717) is 41.8 Å². The molecule has 2 amide bonds. The third-order valence-electron chi connectivity index (χ3n) is 7.46. The number of nitrogens with zero attached hydrogens (tertiary/aromatic N) is 1. The maximum atomic E-state index is 12.6. The molecule has 34 heavy (non-hydrogen) atoms. The highest BCUT2D eigenvalue weighted by Crippen LogP contribution is 2.39. The molecule has 0 unspecified atom stereocenters. The zero-order valence-electron chi connectivity index (χ0n) is 20.2. The van der Waals surface area contributed by atoms with Crippen LogP contribution in [0.25, 0.3) is 11.0 Å². The Labute approximate surface area is 199 Å². The van der Waals surface area contributed by atoms with Gasteiger partial charge in [-0.2, -0.15) is 0 Å². The average Bonchev–Trinajstić information content (AvgIpc) is 2.80. The van der Waals surface area contributed by atoms with E-state index in [1.807, 2.05) is 24.8 Å². The van der Waals surface area contributed by atoms with E-state index in [-0.39, 0.29) is 42.9 Å². The van der Waals surface area contributed by atoms with Gasteiger partial charge < -0.3 is 24.5 Å². The molecule has 2 aliphatic rings. The number of piperidine rings is 1. The Hall–Kier alpha value is -2.87. The van der Waals surface area contributed by atoms with Gasteiger partial charge >= 0.3 is 5.63 Å². The van der Waals surface area contributed by atoms with Crippen LogP contribution in [0, 0.1) is 26.7 Å². The van der Waals surface area contributed by atoms with Crippen molar-refractivity contribution in [3.8, 4) is 5.75 Å². The zero-order chi connectivity index (χ0) is 24.5. The van der Waals surface area contributed by atoms with Crippen molar-refractivity contribution in [2.75, 3.05) is 26.2 Å². The largest absolute Gasteiger partial charge is 0.483 e. The number of aliphatic hydroxyl groups is 1. The molecule has 0 spiro atoms. The van der Waals surface area contributed by atoms with Gasteiger partial charge in [0.1, 0.15) is 11.3 Å². The Bertz CT molecular complexity index is 1160. The van der Waals surface area contributed by atoms with Crippen molar-refractivity contribution in [2.45, 2.75) is 64.9 Å².